The molecule has 0 unspecified atom stereocenters. The molecule has 0 saturated carbocycles. The molecular weight excluding hydrogens is 314 g/mol. The molecule has 0 spiro atoms. The molecule has 3 aromatic carbocycles. The van der Waals surface area contributed by atoms with Gasteiger partial charge in [0.2, 0.25) is 5.78 Å². The van der Waals surface area contributed by atoms with Crippen LogP contribution in [0, 0.1) is 0 Å². The zero-order chi connectivity index (χ0) is 17.2. The van der Waals surface area contributed by atoms with E-state index < -0.39 is 5.97 Å². The average Bonchev–Trinajstić information content (AvgIpc) is 3.09. The quantitative estimate of drug-likeness (QED) is 0.447. The Morgan fingerprint density at radius 3 is 2.52 bits per heavy atom. The van der Waals surface area contributed by atoms with Gasteiger partial charge < -0.3 is 9.72 Å². The summed E-state index contributed by atoms with van der Waals surface area (Å²) in [6.45, 7) is -0.284. The number of hydrogen-bond donors (Lipinski definition) is 1. The van der Waals surface area contributed by atoms with Crippen LogP contribution < -0.4 is 0 Å². The van der Waals surface area contributed by atoms with E-state index in [9.17, 15) is 9.59 Å². The molecule has 0 atom stereocenters. The summed E-state index contributed by atoms with van der Waals surface area (Å²) in [5.74, 6) is -0.731. The van der Waals surface area contributed by atoms with E-state index in [0.717, 1.165) is 21.7 Å². The largest absolute Gasteiger partial charge is 0.454 e. The number of ketones is 1. The molecule has 4 rings (SSSR count). The topological polar surface area (TPSA) is 59.2 Å². The van der Waals surface area contributed by atoms with Gasteiger partial charge in [0.05, 0.1) is 5.56 Å². The number of ether oxygens (including phenoxy) is 1. The van der Waals surface area contributed by atoms with Gasteiger partial charge in [0.15, 0.2) is 6.61 Å². The highest BCUT2D eigenvalue weighted by molar-refractivity contribution is 6.09. The number of Topliss-reactive ketones (excluding diaryl/α,β-unsaturated/α-hetero) is 1. The first-order valence-corrected chi connectivity index (χ1v) is 7.97. The molecule has 0 fully saturated rings. The maximum atomic E-state index is 12.4. The summed E-state index contributed by atoms with van der Waals surface area (Å²) in [7, 11) is 0. The van der Waals surface area contributed by atoms with Crippen LogP contribution in [-0.2, 0) is 4.74 Å². The van der Waals surface area contributed by atoms with E-state index in [2.05, 4.69) is 4.98 Å². The van der Waals surface area contributed by atoms with Crippen molar-refractivity contribution < 1.29 is 14.3 Å². The Bertz CT molecular complexity index is 1090. The number of rotatable bonds is 4. The van der Waals surface area contributed by atoms with Gasteiger partial charge in [-0.05, 0) is 29.0 Å². The minimum absolute atomic E-state index is 0.230. The number of aromatic nitrogens is 1. The molecule has 4 heteroatoms. The van der Waals surface area contributed by atoms with E-state index in [1.165, 1.54) is 0 Å². The summed E-state index contributed by atoms with van der Waals surface area (Å²) in [5, 5.41) is 2.84. The Morgan fingerprint density at radius 2 is 1.64 bits per heavy atom. The number of carbonyl (C=O) groups is 2. The summed E-state index contributed by atoms with van der Waals surface area (Å²) in [4.78, 5) is 27.7. The number of hydrogen-bond acceptors (Lipinski definition) is 3. The summed E-state index contributed by atoms with van der Waals surface area (Å²) >= 11 is 0. The lowest BCUT2D eigenvalue weighted by molar-refractivity contribution is 0.0475. The number of esters is 1. The second-order valence-corrected chi connectivity index (χ2v) is 5.81. The molecule has 0 aliphatic rings. The standard InChI is InChI=1S/C21H15NO3/c23-20(18-12-22-19-8-4-3-7-17(18)19)13-25-21(24)16-10-9-14-5-1-2-6-15(14)11-16/h1-12,22H,13H2. The second-order valence-electron chi connectivity index (χ2n) is 5.81. The molecule has 4 nitrogen and oxygen atoms in total. The average molecular weight is 329 g/mol. The van der Waals surface area contributed by atoms with Gasteiger partial charge in [-0.1, -0.05) is 48.5 Å². The molecule has 1 heterocycles. The third kappa shape index (κ3) is 2.90. The van der Waals surface area contributed by atoms with Gasteiger partial charge in [-0.25, -0.2) is 4.79 Å². The fraction of sp³-hybridized carbons (Fsp3) is 0.0476. The van der Waals surface area contributed by atoms with Gasteiger partial charge in [0.1, 0.15) is 0 Å². The van der Waals surface area contributed by atoms with Crippen molar-refractivity contribution in [3.8, 4) is 0 Å². The molecule has 1 N–H and O–H groups in total. The summed E-state index contributed by atoms with van der Waals surface area (Å²) in [6.07, 6.45) is 1.65. The number of H-pyrrole nitrogens is 1. The van der Waals surface area contributed by atoms with E-state index in [-0.39, 0.29) is 12.4 Å². The molecule has 0 amide bonds. The Morgan fingerprint density at radius 1 is 0.880 bits per heavy atom. The molecule has 122 valence electrons. The van der Waals surface area contributed by atoms with Crippen LogP contribution in [-0.4, -0.2) is 23.3 Å². The molecule has 0 bridgehead atoms. The van der Waals surface area contributed by atoms with E-state index in [4.69, 9.17) is 4.74 Å². The molecule has 4 aromatic rings. The highest BCUT2D eigenvalue weighted by Gasteiger charge is 2.15. The molecule has 1 aromatic heterocycles. The first-order valence-electron chi connectivity index (χ1n) is 7.97. The van der Waals surface area contributed by atoms with E-state index in [1.807, 2.05) is 54.6 Å². The maximum Gasteiger partial charge on any atom is 0.338 e. The van der Waals surface area contributed by atoms with Crippen LogP contribution in [0.2, 0.25) is 0 Å². The molecule has 0 saturated heterocycles. The van der Waals surface area contributed by atoms with Crippen molar-refractivity contribution in [2.24, 2.45) is 0 Å². The zero-order valence-electron chi connectivity index (χ0n) is 13.4. The number of benzene rings is 3. The highest BCUT2D eigenvalue weighted by atomic mass is 16.5. The van der Waals surface area contributed by atoms with E-state index >= 15 is 0 Å². The van der Waals surface area contributed by atoms with Crippen molar-refractivity contribution in [1.82, 2.24) is 4.98 Å². The smallest absolute Gasteiger partial charge is 0.338 e. The monoisotopic (exact) mass is 329 g/mol. The van der Waals surface area contributed by atoms with Crippen LogP contribution in [0.25, 0.3) is 21.7 Å². The molecule has 0 aliphatic heterocycles. The van der Waals surface area contributed by atoms with Gasteiger partial charge in [0.25, 0.3) is 0 Å². The number of aromatic amines is 1. The lowest BCUT2D eigenvalue weighted by Gasteiger charge is -2.05. The van der Waals surface area contributed by atoms with Crippen LogP contribution >= 0.6 is 0 Å². The predicted molar refractivity (Wildman–Crippen MR) is 96.9 cm³/mol. The third-order valence-electron chi connectivity index (χ3n) is 4.21. The lowest BCUT2D eigenvalue weighted by Crippen LogP contribution is -2.14. The van der Waals surface area contributed by atoms with Crippen molar-refractivity contribution in [3.05, 3.63) is 84.1 Å². The van der Waals surface area contributed by atoms with E-state index in [1.54, 1.807) is 18.3 Å². The maximum absolute atomic E-state index is 12.4. The second kappa shape index (κ2) is 6.24. The summed E-state index contributed by atoms with van der Waals surface area (Å²) in [5.41, 5.74) is 1.85. The highest BCUT2D eigenvalue weighted by Crippen LogP contribution is 2.19. The van der Waals surface area contributed by atoms with Crippen LogP contribution in [0.3, 0.4) is 0 Å². The van der Waals surface area contributed by atoms with Crippen molar-refractivity contribution in [2.45, 2.75) is 0 Å². The molecule has 0 aliphatic carbocycles. The van der Waals surface area contributed by atoms with Crippen molar-refractivity contribution in [2.75, 3.05) is 6.61 Å². The zero-order valence-corrected chi connectivity index (χ0v) is 13.4. The van der Waals surface area contributed by atoms with Gasteiger partial charge in [0, 0.05) is 22.7 Å². The van der Waals surface area contributed by atoms with Gasteiger partial charge in [-0.15, -0.1) is 0 Å². The van der Waals surface area contributed by atoms with Gasteiger partial charge in [-0.2, -0.15) is 0 Å². The van der Waals surface area contributed by atoms with E-state index in [0.29, 0.717) is 11.1 Å². The Hall–Kier alpha value is -3.40. The fourth-order valence-corrected chi connectivity index (χ4v) is 2.91. The number of para-hydroxylation sites is 1. The SMILES string of the molecule is O=C(OCC(=O)c1c[nH]c2ccccc12)c1ccc2ccccc2c1. The number of carbonyl (C=O) groups excluding carboxylic acids is 2. The van der Waals surface area contributed by atoms with Crippen LogP contribution in [0.4, 0.5) is 0 Å². The predicted octanol–water partition coefficient (Wildman–Crippen LogP) is 4.36. The minimum atomic E-state index is -0.501. The fourth-order valence-electron chi connectivity index (χ4n) is 2.91. The normalized spacial score (nSPS) is 10.9. The molecular formula is C21H15NO3. The minimum Gasteiger partial charge on any atom is -0.454 e. The van der Waals surface area contributed by atoms with Crippen molar-refractivity contribution in [1.29, 1.82) is 0 Å². The van der Waals surface area contributed by atoms with Crippen LogP contribution in [0.15, 0.2) is 72.9 Å². The summed E-state index contributed by atoms with van der Waals surface area (Å²) < 4.78 is 5.21. The van der Waals surface area contributed by atoms with Gasteiger partial charge in [-0.3, -0.25) is 4.79 Å². The van der Waals surface area contributed by atoms with Gasteiger partial charge >= 0.3 is 5.97 Å². The Labute approximate surface area is 144 Å². The third-order valence-corrected chi connectivity index (χ3v) is 4.21. The van der Waals surface area contributed by atoms with Crippen molar-refractivity contribution in [3.63, 3.8) is 0 Å². The first-order chi connectivity index (χ1) is 12.2. The van der Waals surface area contributed by atoms with Crippen LogP contribution in [0.1, 0.15) is 20.7 Å². The van der Waals surface area contributed by atoms with Crippen molar-refractivity contribution >= 4 is 33.4 Å². The Kier molecular flexibility index (Phi) is 3.78. The number of nitrogens with one attached hydrogen (secondary N) is 1. The molecule has 0 radical (unpaired) electrons. The molecule has 25 heavy (non-hydrogen) atoms. The lowest BCUT2D eigenvalue weighted by atomic mass is 10.1. The van der Waals surface area contributed by atoms with Crippen LogP contribution in [0.5, 0.6) is 0 Å². The first kappa shape index (κ1) is 15.1. The summed E-state index contributed by atoms with van der Waals surface area (Å²) in [6, 6.07) is 20.6. The Balaban J connectivity index is 1.50. The number of fused-ring (bicyclic) bond motifs is 2.